The molecule has 5 nitrogen and oxygen atoms in total. The van der Waals surface area contributed by atoms with E-state index in [1.54, 1.807) is 7.05 Å². The Balaban J connectivity index is 1.97. The summed E-state index contributed by atoms with van der Waals surface area (Å²) in [6.07, 6.45) is -0.672. The first-order chi connectivity index (χ1) is 11.0. The molecule has 0 spiro atoms. The first kappa shape index (κ1) is 18.7. The maximum Gasteiger partial charge on any atom is 0.445 e. The molecule has 0 saturated heterocycles. The van der Waals surface area contributed by atoms with E-state index in [9.17, 15) is 18.0 Å². The van der Waals surface area contributed by atoms with Gasteiger partial charge in [-0.3, -0.25) is 4.79 Å². The van der Waals surface area contributed by atoms with Crippen LogP contribution in [0.5, 0.6) is 5.19 Å². The third-order valence-electron chi connectivity index (χ3n) is 3.76. The number of rotatable bonds is 4. The van der Waals surface area contributed by atoms with Gasteiger partial charge in [0.2, 0.25) is 5.01 Å². The minimum absolute atomic E-state index is 0.00321. The second-order valence-corrected chi connectivity index (χ2v) is 7.69. The van der Waals surface area contributed by atoms with Gasteiger partial charge < -0.3 is 9.64 Å². The van der Waals surface area contributed by atoms with Crippen molar-refractivity contribution in [3.8, 4) is 5.19 Å². The lowest BCUT2D eigenvalue weighted by Gasteiger charge is -2.35. The van der Waals surface area contributed by atoms with E-state index in [1.165, 1.54) is 4.90 Å². The number of ether oxygens (including phenoxy) is 1. The van der Waals surface area contributed by atoms with Crippen LogP contribution in [0.1, 0.15) is 38.6 Å². The van der Waals surface area contributed by atoms with Gasteiger partial charge in [-0.1, -0.05) is 43.3 Å². The van der Waals surface area contributed by atoms with Crippen LogP contribution in [0, 0.1) is 11.3 Å². The van der Waals surface area contributed by atoms with E-state index in [2.05, 4.69) is 37.0 Å². The van der Waals surface area contributed by atoms with E-state index >= 15 is 0 Å². The zero-order valence-corrected chi connectivity index (χ0v) is 14.8. The topological polar surface area (TPSA) is 55.3 Å². The van der Waals surface area contributed by atoms with Gasteiger partial charge in [0.1, 0.15) is 0 Å². The zero-order chi connectivity index (χ0) is 18.1. The van der Waals surface area contributed by atoms with Crippen molar-refractivity contribution in [1.82, 2.24) is 15.1 Å². The van der Waals surface area contributed by atoms with Crippen molar-refractivity contribution >= 4 is 17.2 Å². The molecular formula is C15H20F3N3O2S. The van der Waals surface area contributed by atoms with Crippen molar-refractivity contribution in [1.29, 1.82) is 0 Å². The fourth-order valence-corrected chi connectivity index (χ4v) is 3.46. The minimum atomic E-state index is -4.56. The number of nitrogens with zero attached hydrogens (tertiary/aromatic N) is 3. The summed E-state index contributed by atoms with van der Waals surface area (Å²) in [7, 11) is 1.65. The van der Waals surface area contributed by atoms with Crippen LogP contribution in [0.25, 0.3) is 0 Å². The Bertz CT molecular complexity index is 640. The minimum Gasteiger partial charge on any atom is -0.459 e. The van der Waals surface area contributed by atoms with E-state index in [4.69, 9.17) is 4.74 Å². The number of aromatic nitrogens is 2. The molecule has 9 heteroatoms. The zero-order valence-electron chi connectivity index (χ0n) is 14.0. The highest BCUT2D eigenvalue weighted by Gasteiger charge is 2.36. The Labute approximate surface area is 142 Å². The van der Waals surface area contributed by atoms with Crippen LogP contribution in [-0.4, -0.2) is 34.7 Å². The molecule has 0 saturated carbocycles. The van der Waals surface area contributed by atoms with Crippen molar-refractivity contribution in [2.75, 3.05) is 13.7 Å². The lowest BCUT2D eigenvalue weighted by Crippen LogP contribution is -2.34. The SMILES string of the molecule is CC1CC(N(C)C(=O)COc2nnc(C(F)(F)F)s2)=CC(C)(C)C1. The smallest absolute Gasteiger partial charge is 0.445 e. The molecule has 0 fully saturated rings. The molecule has 134 valence electrons. The van der Waals surface area contributed by atoms with Gasteiger partial charge in [0, 0.05) is 12.7 Å². The van der Waals surface area contributed by atoms with Crippen molar-refractivity contribution in [3.05, 3.63) is 16.8 Å². The Hall–Kier alpha value is -1.64. The highest BCUT2D eigenvalue weighted by Crippen LogP contribution is 2.37. The van der Waals surface area contributed by atoms with Gasteiger partial charge in [0.25, 0.3) is 11.1 Å². The van der Waals surface area contributed by atoms with Crippen LogP contribution >= 0.6 is 11.3 Å². The van der Waals surface area contributed by atoms with Crippen LogP contribution in [-0.2, 0) is 11.0 Å². The quantitative estimate of drug-likeness (QED) is 0.818. The summed E-state index contributed by atoms with van der Waals surface area (Å²) in [5.74, 6) is 0.114. The number of hydrogen-bond donors (Lipinski definition) is 0. The average molecular weight is 363 g/mol. The highest BCUT2D eigenvalue weighted by atomic mass is 32.1. The Morgan fingerprint density at radius 1 is 1.46 bits per heavy atom. The van der Waals surface area contributed by atoms with Crippen molar-refractivity contribution in [3.63, 3.8) is 0 Å². The predicted molar refractivity (Wildman–Crippen MR) is 83.4 cm³/mol. The molecule has 0 bridgehead atoms. The van der Waals surface area contributed by atoms with Crippen LogP contribution < -0.4 is 4.74 Å². The molecule has 1 atom stereocenters. The molecule has 0 aromatic carbocycles. The molecule has 0 N–H and O–H groups in total. The molecular weight excluding hydrogens is 343 g/mol. The molecule has 1 unspecified atom stereocenters. The van der Waals surface area contributed by atoms with Gasteiger partial charge in [0.15, 0.2) is 6.61 Å². The van der Waals surface area contributed by atoms with E-state index in [0.717, 1.165) is 18.5 Å². The van der Waals surface area contributed by atoms with Gasteiger partial charge in [-0.2, -0.15) is 13.2 Å². The van der Waals surface area contributed by atoms with Crippen LogP contribution in [0.15, 0.2) is 11.8 Å². The normalized spacial score (nSPS) is 20.5. The number of hydrogen-bond acceptors (Lipinski definition) is 5. The maximum atomic E-state index is 12.5. The largest absolute Gasteiger partial charge is 0.459 e. The molecule has 1 aromatic rings. The fourth-order valence-electron chi connectivity index (χ4n) is 2.89. The lowest BCUT2D eigenvalue weighted by atomic mass is 9.76. The number of carbonyl (C=O) groups is 1. The van der Waals surface area contributed by atoms with E-state index in [0.29, 0.717) is 5.92 Å². The third kappa shape index (κ3) is 4.68. The summed E-state index contributed by atoms with van der Waals surface area (Å²) >= 11 is 0.274. The summed E-state index contributed by atoms with van der Waals surface area (Å²) in [5.41, 5.74) is 0.907. The Kier molecular flexibility index (Phi) is 5.22. The highest BCUT2D eigenvalue weighted by molar-refractivity contribution is 7.13. The van der Waals surface area contributed by atoms with Crippen molar-refractivity contribution in [2.45, 2.75) is 39.8 Å². The van der Waals surface area contributed by atoms with Crippen LogP contribution in [0.3, 0.4) is 0 Å². The summed E-state index contributed by atoms with van der Waals surface area (Å²) in [4.78, 5) is 13.7. The molecule has 2 rings (SSSR count). The van der Waals surface area contributed by atoms with E-state index in [1.807, 2.05) is 0 Å². The number of alkyl halides is 3. The number of amides is 1. The monoisotopic (exact) mass is 363 g/mol. The summed E-state index contributed by atoms with van der Waals surface area (Å²) < 4.78 is 42.4. The predicted octanol–water partition coefficient (Wildman–Crippen LogP) is 3.73. The van der Waals surface area contributed by atoms with Gasteiger partial charge in [-0.15, -0.1) is 5.10 Å². The second-order valence-electron chi connectivity index (χ2n) is 6.75. The molecule has 24 heavy (non-hydrogen) atoms. The Morgan fingerprint density at radius 2 is 2.12 bits per heavy atom. The van der Waals surface area contributed by atoms with Crippen LogP contribution in [0.4, 0.5) is 13.2 Å². The number of carbonyl (C=O) groups excluding carboxylic acids is 1. The summed E-state index contributed by atoms with van der Waals surface area (Å²) in [6, 6.07) is 0. The van der Waals surface area contributed by atoms with Gasteiger partial charge in [0.05, 0.1) is 0 Å². The Morgan fingerprint density at radius 3 is 2.67 bits per heavy atom. The first-order valence-corrected chi connectivity index (χ1v) is 8.31. The second kappa shape index (κ2) is 6.70. The van der Waals surface area contributed by atoms with Gasteiger partial charge in [-0.05, 0) is 24.2 Å². The molecule has 1 aromatic heterocycles. The first-order valence-electron chi connectivity index (χ1n) is 7.50. The van der Waals surface area contributed by atoms with E-state index < -0.39 is 11.2 Å². The molecule has 0 radical (unpaired) electrons. The number of allylic oxidation sites excluding steroid dienone is 2. The van der Waals surface area contributed by atoms with Crippen molar-refractivity contribution in [2.24, 2.45) is 11.3 Å². The van der Waals surface area contributed by atoms with Crippen molar-refractivity contribution < 1.29 is 22.7 Å². The number of halogens is 3. The maximum absolute atomic E-state index is 12.5. The van der Waals surface area contributed by atoms with Crippen LogP contribution in [0.2, 0.25) is 0 Å². The van der Waals surface area contributed by atoms with Gasteiger partial charge in [-0.25, -0.2) is 0 Å². The van der Waals surface area contributed by atoms with Gasteiger partial charge >= 0.3 is 6.18 Å². The standard InChI is InChI=1S/C15H20F3N3O2S/c1-9-5-10(7-14(2,3)6-9)21(4)11(22)8-23-13-20-19-12(24-13)15(16,17)18/h7,9H,5-6,8H2,1-4H3. The summed E-state index contributed by atoms with van der Waals surface area (Å²) in [5, 5.41) is 4.95. The third-order valence-corrected chi connectivity index (χ3v) is 4.64. The molecule has 1 aliphatic rings. The van der Waals surface area contributed by atoms with E-state index in [-0.39, 0.29) is 34.5 Å². The average Bonchev–Trinajstić information content (AvgIpc) is 2.90. The lowest BCUT2D eigenvalue weighted by molar-refractivity contribution is -0.138. The number of likely N-dealkylation sites (N-methyl/N-ethyl adjacent to an activating group) is 1. The molecule has 1 heterocycles. The summed E-state index contributed by atoms with van der Waals surface area (Å²) in [6.45, 7) is 5.97. The molecule has 1 amide bonds. The molecule has 1 aliphatic carbocycles. The fraction of sp³-hybridized carbons (Fsp3) is 0.667. The molecule has 0 aliphatic heterocycles.